The van der Waals surface area contributed by atoms with Crippen LogP contribution in [0.2, 0.25) is 0 Å². The van der Waals surface area contributed by atoms with Crippen LogP contribution in [0.1, 0.15) is 30.4 Å². The summed E-state index contributed by atoms with van der Waals surface area (Å²) in [5.41, 5.74) is 2.21. The average molecular weight is 383 g/mol. The van der Waals surface area contributed by atoms with Gasteiger partial charge in [0.1, 0.15) is 0 Å². The van der Waals surface area contributed by atoms with E-state index < -0.39 is 9.84 Å². The topological polar surface area (TPSA) is 43.4 Å². The van der Waals surface area contributed by atoms with Gasteiger partial charge in [0.2, 0.25) is 9.84 Å². The van der Waals surface area contributed by atoms with Gasteiger partial charge in [0, 0.05) is 12.3 Å². The first-order chi connectivity index (χ1) is 13.1. The van der Waals surface area contributed by atoms with Gasteiger partial charge in [-0.2, -0.15) is 0 Å². The van der Waals surface area contributed by atoms with Crippen LogP contribution in [0.15, 0.2) is 82.8 Å². The van der Waals surface area contributed by atoms with Crippen LogP contribution in [0.3, 0.4) is 0 Å². The molecular weight excluding hydrogens is 356 g/mol. The number of allylic oxidation sites excluding steroid dienone is 3. The second kappa shape index (κ2) is 9.05. The third-order valence-corrected chi connectivity index (χ3v) is 6.72. The summed E-state index contributed by atoms with van der Waals surface area (Å²) in [6.45, 7) is 2.40. The predicted octanol–water partition coefficient (Wildman–Crippen LogP) is 5.23. The standard InChI is InChI=1S/C23H26O3S/c1-19-12-14-22(15-13-19)27(24,25)23(21-10-6-3-7-11-21)18-26-17-16-20-8-4-2-5-9-20/h2,4-6,8-10,12-15,18,21H,3,7,11,16-17H2,1H3/b23-18+. The zero-order valence-corrected chi connectivity index (χ0v) is 16.5. The fraction of sp³-hybridized carbons (Fsp3) is 0.304. The minimum atomic E-state index is -3.58. The van der Waals surface area contributed by atoms with Crippen molar-refractivity contribution in [2.45, 2.75) is 37.5 Å². The molecule has 0 saturated carbocycles. The van der Waals surface area contributed by atoms with Crippen LogP contribution in [0.4, 0.5) is 0 Å². The average Bonchev–Trinajstić information content (AvgIpc) is 2.69. The van der Waals surface area contributed by atoms with Crippen molar-refractivity contribution >= 4 is 9.84 Å². The summed E-state index contributed by atoms with van der Waals surface area (Å²) in [4.78, 5) is 0.681. The SMILES string of the molecule is Cc1ccc(S(=O)(=O)/C(=C/OCCc2ccccc2)C2C=CCCC2)cc1. The van der Waals surface area contributed by atoms with E-state index in [1.807, 2.05) is 55.5 Å². The number of benzene rings is 2. The molecule has 1 unspecified atom stereocenters. The van der Waals surface area contributed by atoms with Gasteiger partial charge >= 0.3 is 0 Å². The molecule has 0 aromatic heterocycles. The van der Waals surface area contributed by atoms with Crippen molar-refractivity contribution < 1.29 is 13.2 Å². The Morgan fingerprint density at radius 3 is 2.52 bits per heavy atom. The second-order valence-electron chi connectivity index (χ2n) is 6.91. The zero-order chi connectivity index (χ0) is 19.1. The monoisotopic (exact) mass is 382 g/mol. The molecule has 2 aromatic rings. The maximum atomic E-state index is 13.2. The van der Waals surface area contributed by atoms with E-state index >= 15 is 0 Å². The summed E-state index contributed by atoms with van der Waals surface area (Å²) >= 11 is 0. The normalized spacial score (nSPS) is 17.7. The zero-order valence-electron chi connectivity index (χ0n) is 15.7. The van der Waals surface area contributed by atoms with Gasteiger partial charge in [-0.1, -0.05) is 60.2 Å². The van der Waals surface area contributed by atoms with Crippen molar-refractivity contribution in [3.05, 3.63) is 89.0 Å². The van der Waals surface area contributed by atoms with Crippen LogP contribution in [-0.4, -0.2) is 15.0 Å². The van der Waals surface area contributed by atoms with Crippen LogP contribution >= 0.6 is 0 Å². The Hall–Kier alpha value is -2.33. The second-order valence-corrected chi connectivity index (χ2v) is 8.86. The lowest BCUT2D eigenvalue weighted by Crippen LogP contribution is -2.15. The molecule has 0 spiro atoms. The summed E-state index contributed by atoms with van der Waals surface area (Å²) in [5, 5.41) is 0. The van der Waals surface area contributed by atoms with Gasteiger partial charge in [-0.15, -0.1) is 0 Å². The van der Waals surface area contributed by atoms with Crippen molar-refractivity contribution in [2.75, 3.05) is 6.61 Å². The first-order valence-corrected chi connectivity index (χ1v) is 10.9. The van der Waals surface area contributed by atoms with Crippen LogP contribution in [0, 0.1) is 12.8 Å². The van der Waals surface area contributed by atoms with Crippen molar-refractivity contribution in [3.63, 3.8) is 0 Å². The molecule has 3 nitrogen and oxygen atoms in total. The van der Waals surface area contributed by atoms with E-state index in [1.54, 1.807) is 12.1 Å². The summed E-state index contributed by atoms with van der Waals surface area (Å²) in [6, 6.07) is 17.1. The summed E-state index contributed by atoms with van der Waals surface area (Å²) in [6.07, 6.45) is 9.11. The number of hydrogen-bond donors (Lipinski definition) is 0. The first-order valence-electron chi connectivity index (χ1n) is 9.41. The van der Waals surface area contributed by atoms with Crippen molar-refractivity contribution in [3.8, 4) is 0 Å². The van der Waals surface area contributed by atoms with Crippen LogP contribution in [0.25, 0.3) is 0 Å². The largest absolute Gasteiger partial charge is 0.500 e. The van der Waals surface area contributed by atoms with E-state index in [0.717, 1.165) is 31.2 Å². The van der Waals surface area contributed by atoms with Gasteiger partial charge in [0.25, 0.3) is 0 Å². The Morgan fingerprint density at radius 1 is 1.11 bits per heavy atom. The molecule has 0 aliphatic heterocycles. The Labute approximate surface area is 162 Å². The third-order valence-electron chi connectivity index (χ3n) is 4.81. The molecule has 0 saturated heterocycles. The minimum absolute atomic E-state index is 0.123. The molecule has 27 heavy (non-hydrogen) atoms. The quantitative estimate of drug-likeness (QED) is 0.374. The Bertz CT molecular complexity index is 894. The summed E-state index contributed by atoms with van der Waals surface area (Å²) in [5.74, 6) is -0.123. The van der Waals surface area contributed by atoms with Gasteiger partial charge in [0.05, 0.1) is 22.7 Å². The van der Waals surface area contributed by atoms with E-state index in [1.165, 1.54) is 11.8 Å². The summed E-state index contributed by atoms with van der Waals surface area (Å²) in [7, 11) is -3.58. The Balaban J connectivity index is 1.80. The number of rotatable bonds is 7. The molecule has 1 aliphatic carbocycles. The molecule has 4 heteroatoms. The molecule has 2 aromatic carbocycles. The third kappa shape index (κ3) is 5.10. The van der Waals surface area contributed by atoms with Crippen LogP contribution in [-0.2, 0) is 21.0 Å². The number of ether oxygens (including phenoxy) is 1. The number of hydrogen-bond acceptors (Lipinski definition) is 3. The van der Waals surface area contributed by atoms with E-state index in [-0.39, 0.29) is 5.92 Å². The Kier molecular flexibility index (Phi) is 6.51. The lowest BCUT2D eigenvalue weighted by atomic mass is 9.96. The van der Waals surface area contributed by atoms with Crippen LogP contribution < -0.4 is 0 Å². The molecule has 142 valence electrons. The lowest BCUT2D eigenvalue weighted by Gasteiger charge is -2.20. The van der Waals surface area contributed by atoms with Crippen LogP contribution in [0.5, 0.6) is 0 Å². The smallest absolute Gasteiger partial charge is 0.206 e. The maximum absolute atomic E-state index is 13.2. The lowest BCUT2D eigenvalue weighted by molar-refractivity contribution is 0.250. The molecule has 0 N–H and O–H groups in total. The minimum Gasteiger partial charge on any atom is -0.500 e. The van der Waals surface area contributed by atoms with E-state index in [0.29, 0.717) is 16.4 Å². The van der Waals surface area contributed by atoms with Gasteiger partial charge in [-0.3, -0.25) is 0 Å². The van der Waals surface area contributed by atoms with Crippen molar-refractivity contribution in [2.24, 2.45) is 5.92 Å². The molecule has 0 bridgehead atoms. The van der Waals surface area contributed by atoms with E-state index in [2.05, 4.69) is 6.08 Å². The molecule has 0 fully saturated rings. The molecule has 0 heterocycles. The van der Waals surface area contributed by atoms with Gasteiger partial charge in [0.15, 0.2) is 0 Å². The van der Waals surface area contributed by atoms with Crippen molar-refractivity contribution in [1.29, 1.82) is 0 Å². The predicted molar refractivity (Wildman–Crippen MR) is 109 cm³/mol. The summed E-state index contributed by atoms with van der Waals surface area (Å²) < 4.78 is 32.2. The fourth-order valence-electron chi connectivity index (χ4n) is 3.22. The molecule has 1 aliphatic rings. The van der Waals surface area contributed by atoms with E-state index in [9.17, 15) is 8.42 Å². The molecule has 0 amide bonds. The highest BCUT2D eigenvalue weighted by Gasteiger charge is 2.28. The highest BCUT2D eigenvalue weighted by molar-refractivity contribution is 7.95. The molecule has 3 rings (SSSR count). The van der Waals surface area contributed by atoms with Gasteiger partial charge < -0.3 is 4.74 Å². The fourth-order valence-corrected chi connectivity index (χ4v) is 4.77. The highest BCUT2D eigenvalue weighted by atomic mass is 32.2. The van der Waals surface area contributed by atoms with Crippen molar-refractivity contribution in [1.82, 2.24) is 0 Å². The van der Waals surface area contributed by atoms with Gasteiger partial charge in [-0.05, 0) is 43.9 Å². The Morgan fingerprint density at radius 2 is 1.85 bits per heavy atom. The molecule has 0 radical (unpaired) electrons. The van der Waals surface area contributed by atoms with Gasteiger partial charge in [-0.25, -0.2) is 8.42 Å². The number of aryl methyl sites for hydroxylation is 1. The first kappa shape index (κ1) is 19.4. The molecular formula is C23H26O3S. The maximum Gasteiger partial charge on any atom is 0.206 e. The molecule has 1 atom stereocenters. The highest BCUT2D eigenvalue weighted by Crippen LogP contribution is 2.32. The number of sulfone groups is 1. The van der Waals surface area contributed by atoms with E-state index in [4.69, 9.17) is 4.74 Å².